The van der Waals surface area contributed by atoms with E-state index in [0.717, 1.165) is 5.56 Å². The molecule has 5 heteroatoms. The maximum atomic E-state index is 12.1. The minimum absolute atomic E-state index is 0.311. The van der Waals surface area contributed by atoms with Crippen LogP contribution in [-0.2, 0) is 6.61 Å². The summed E-state index contributed by atoms with van der Waals surface area (Å²) in [5, 5.41) is 12.1. The van der Waals surface area contributed by atoms with E-state index < -0.39 is 0 Å². The predicted octanol–water partition coefficient (Wildman–Crippen LogP) is 3.78. The van der Waals surface area contributed by atoms with Crippen LogP contribution in [-0.4, -0.2) is 10.9 Å². The molecule has 0 spiro atoms. The van der Waals surface area contributed by atoms with Gasteiger partial charge in [0.05, 0.1) is 5.56 Å². The molecular weight excluding hydrogens is 314 g/mol. The fourth-order valence-electron chi connectivity index (χ4n) is 2.25. The standard InChI is InChI=1S/C20H15N3O2/c21-13-16-12-17(23-20(24)18-8-4-5-11-22-18)9-10-19(16)25-14-15-6-2-1-3-7-15/h1-12H,14H2,(H,23,24). The van der Waals surface area contributed by atoms with Gasteiger partial charge in [-0.2, -0.15) is 5.26 Å². The van der Waals surface area contributed by atoms with Crippen LogP contribution in [0, 0.1) is 11.3 Å². The van der Waals surface area contributed by atoms with Crippen LogP contribution in [0.5, 0.6) is 5.75 Å². The number of carbonyl (C=O) groups excluding carboxylic acids is 1. The normalized spacial score (nSPS) is 9.88. The predicted molar refractivity (Wildman–Crippen MR) is 94.1 cm³/mol. The van der Waals surface area contributed by atoms with E-state index in [2.05, 4.69) is 16.4 Å². The van der Waals surface area contributed by atoms with E-state index in [9.17, 15) is 10.1 Å². The van der Waals surface area contributed by atoms with Crippen molar-refractivity contribution in [3.8, 4) is 11.8 Å². The third-order valence-corrected chi connectivity index (χ3v) is 3.49. The van der Waals surface area contributed by atoms with Gasteiger partial charge in [0, 0.05) is 11.9 Å². The molecule has 0 fully saturated rings. The third-order valence-electron chi connectivity index (χ3n) is 3.49. The second-order valence-corrected chi connectivity index (χ2v) is 5.27. The number of nitriles is 1. The van der Waals surface area contributed by atoms with Crippen molar-refractivity contribution in [3.63, 3.8) is 0 Å². The Bertz CT molecular complexity index is 903. The molecule has 0 saturated heterocycles. The summed E-state index contributed by atoms with van der Waals surface area (Å²) in [6.45, 7) is 0.370. The number of rotatable bonds is 5. The van der Waals surface area contributed by atoms with Crippen molar-refractivity contribution >= 4 is 11.6 Å². The maximum Gasteiger partial charge on any atom is 0.274 e. The van der Waals surface area contributed by atoms with Gasteiger partial charge in [0.25, 0.3) is 5.91 Å². The summed E-state index contributed by atoms with van der Waals surface area (Å²) in [6.07, 6.45) is 1.55. The molecule has 0 unspecified atom stereocenters. The van der Waals surface area contributed by atoms with Crippen LogP contribution in [0.15, 0.2) is 72.9 Å². The van der Waals surface area contributed by atoms with E-state index in [1.54, 1.807) is 42.6 Å². The lowest BCUT2D eigenvalue weighted by molar-refractivity contribution is 0.102. The number of pyridine rings is 1. The Balaban J connectivity index is 1.71. The highest BCUT2D eigenvalue weighted by Crippen LogP contribution is 2.23. The van der Waals surface area contributed by atoms with Gasteiger partial charge in [0.15, 0.2) is 0 Å². The lowest BCUT2D eigenvalue weighted by Gasteiger charge is -2.10. The largest absolute Gasteiger partial charge is 0.488 e. The summed E-state index contributed by atoms with van der Waals surface area (Å²) < 4.78 is 5.71. The lowest BCUT2D eigenvalue weighted by atomic mass is 10.2. The Kier molecular flexibility index (Phi) is 5.03. The minimum Gasteiger partial charge on any atom is -0.488 e. The van der Waals surface area contributed by atoms with Gasteiger partial charge in [-0.15, -0.1) is 0 Å². The fourth-order valence-corrected chi connectivity index (χ4v) is 2.25. The highest BCUT2D eigenvalue weighted by molar-refractivity contribution is 6.02. The van der Waals surface area contributed by atoms with Crippen LogP contribution in [0.1, 0.15) is 21.6 Å². The molecule has 0 aliphatic heterocycles. The van der Waals surface area contributed by atoms with Crippen LogP contribution in [0.3, 0.4) is 0 Å². The van der Waals surface area contributed by atoms with Crippen LogP contribution < -0.4 is 10.1 Å². The van der Waals surface area contributed by atoms with Gasteiger partial charge in [-0.25, -0.2) is 0 Å². The van der Waals surface area contributed by atoms with Gasteiger partial charge in [-0.05, 0) is 35.9 Å². The summed E-state index contributed by atoms with van der Waals surface area (Å²) in [4.78, 5) is 16.1. The SMILES string of the molecule is N#Cc1cc(NC(=O)c2ccccn2)ccc1OCc1ccccc1. The molecule has 0 radical (unpaired) electrons. The topological polar surface area (TPSA) is 75.0 Å². The monoisotopic (exact) mass is 329 g/mol. The van der Waals surface area contributed by atoms with Crippen molar-refractivity contribution in [3.05, 3.63) is 89.7 Å². The average Bonchev–Trinajstić information content (AvgIpc) is 2.68. The molecule has 25 heavy (non-hydrogen) atoms. The number of aromatic nitrogens is 1. The fraction of sp³-hybridized carbons (Fsp3) is 0.0500. The van der Waals surface area contributed by atoms with Crippen molar-refractivity contribution in [1.82, 2.24) is 4.98 Å². The molecule has 0 atom stereocenters. The number of amides is 1. The second-order valence-electron chi connectivity index (χ2n) is 5.27. The van der Waals surface area contributed by atoms with Crippen LogP contribution in [0.25, 0.3) is 0 Å². The van der Waals surface area contributed by atoms with E-state index in [0.29, 0.717) is 29.3 Å². The molecule has 0 saturated carbocycles. The Labute approximate surface area is 145 Å². The van der Waals surface area contributed by atoms with E-state index in [1.807, 2.05) is 30.3 Å². The summed E-state index contributed by atoms with van der Waals surface area (Å²) in [5.41, 5.74) is 2.19. The maximum absolute atomic E-state index is 12.1. The van der Waals surface area contributed by atoms with Crippen molar-refractivity contribution in [2.75, 3.05) is 5.32 Å². The first-order chi connectivity index (χ1) is 12.3. The van der Waals surface area contributed by atoms with Gasteiger partial charge < -0.3 is 10.1 Å². The van der Waals surface area contributed by atoms with Gasteiger partial charge in [0.1, 0.15) is 24.1 Å². The smallest absolute Gasteiger partial charge is 0.274 e. The van der Waals surface area contributed by atoms with Crippen molar-refractivity contribution in [2.24, 2.45) is 0 Å². The number of anilines is 1. The Morgan fingerprint density at radius 1 is 1.08 bits per heavy atom. The summed E-state index contributed by atoms with van der Waals surface area (Å²) >= 11 is 0. The minimum atomic E-state index is -0.331. The van der Waals surface area contributed by atoms with Crippen LogP contribution in [0.4, 0.5) is 5.69 Å². The molecule has 1 amide bonds. The number of nitrogens with zero attached hydrogens (tertiary/aromatic N) is 2. The number of hydrogen-bond acceptors (Lipinski definition) is 4. The molecular formula is C20H15N3O2. The Morgan fingerprint density at radius 3 is 2.60 bits per heavy atom. The van der Waals surface area contributed by atoms with Crippen LogP contribution >= 0.6 is 0 Å². The first kappa shape index (κ1) is 16.2. The average molecular weight is 329 g/mol. The lowest BCUT2D eigenvalue weighted by Crippen LogP contribution is -2.13. The Morgan fingerprint density at radius 2 is 1.88 bits per heavy atom. The first-order valence-corrected chi connectivity index (χ1v) is 7.69. The molecule has 1 heterocycles. The van der Waals surface area contributed by atoms with Crippen molar-refractivity contribution < 1.29 is 9.53 Å². The Hall–Kier alpha value is -3.65. The molecule has 1 aromatic heterocycles. The zero-order valence-corrected chi connectivity index (χ0v) is 13.3. The quantitative estimate of drug-likeness (QED) is 0.773. The molecule has 0 bridgehead atoms. The number of carbonyl (C=O) groups is 1. The van der Waals surface area contributed by atoms with Crippen molar-refractivity contribution in [1.29, 1.82) is 5.26 Å². The number of benzene rings is 2. The molecule has 2 aromatic carbocycles. The number of ether oxygens (including phenoxy) is 1. The highest BCUT2D eigenvalue weighted by Gasteiger charge is 2.10. The molecule has 1 N–H and O–H groups in total. The number of nitrogens with one attached hydrogen (secondary N) is 1. The van der Waals surface area contributed by atoms with E-state index in [4.69, 9.17) is 4.74 Å². The molecule has 122 valence electrons. The number of hydrogen-bond donors (Lipinski definition) is 1. The molecule has 0 aliphatic carbocycles. The summed E-state index contributed by atoms with van der Waals surface area (Å²) in [5.74, 6) is 0.143. The first-order valence-electron chi connectivity index (χ1n) is 7.69. The summed E-state index contributed by atoms with van der Waals surface area (Å²) in [6, 6.07) is 21.9. The molecule has 0 aliphatic rings. The molecule has 3 aromatic rings. The van der Waals surface area contributed by atoms with E-state index in [1.165, 1.54) is 0 Å². The van der Waals surface area contributed by atoms with Gasteiger partial charge >= 0.3 is 0 Å². The van der Waals surface area contributed by atoms with Gasteiger partial charge in [-0.3, -0.25) is 9.78 Å². The zero-order chi connectivity index (χ0) is 17.5. The molecule has 5 nitrogen and oxygen atoms in total. The van der Waals surface area contributed by atoms with Crippen molar-refractivity contribution in [2.45, 2.75) is 6.61 Å². The van der Waals surface area contributed by atoms with E-state index in [-0.39, 0.29) is 5.91 Å². The van der Waals surface area contributed by atoms with E-state index >= 15 is 0 Å². The third kappa shape index (κ3) is 4.21. The second kappa shape index (κ2) is 7.75. The zero-order valence-electron chi connectivity index (χ0n) is 13.3. The molecule has 3 rings (SSSR count). The van der Waals surface area contributed by atoms with Gasteiger partial charge in [0.2, 0.25) is 0 Å². The van der Waals surface area contributed by atoms with Gasteiger partial charge in [-0.1, -0.05) is 36.4 Å². The van der Waals surface area contributed by atoms with Crippen LogP contribution in [0.2, 0.25) is 0 Å². The highest BCUT2D eigenvalue weighted by atomic mass is 16.5. The summed E-state index contributed by atoms with van der Waals surface area (Å²) in [7, 11) is 0.